The lowest BCUT2D eigenvalue weighted by atomic mass is 10.2. The summed E-state index contributed by atoms with van der Waals surface area (Å²) < 4.78 is 15.4. The Morgan fingerprint density at radius 3 is 2.95 bits per heavy atom. The van der Waals surface area contributed by atoms with Crippen molar-refractivity contribution < 1.29 is 4.39 Å². The third-order valence-corrected chi connectivity index (χ3v) is 3.01. The second-order valence-electron chi connectivity index (χ2n) is 4.04. The number of anilines is 1. The molecule has 0 aliphatic carbocycles. The Kier molecular flexibility index (Phi) is 2.79. The summed E-state index contributed by atoms with van der Waals surface area (Å²) >= 11 is 5.86. The van der Waals surface area contributed by atoms with Gasteiger partial charge in [-0.25, -0.2) is 19.3 Å². The number of benzene rings is 1. The Hall–Kier alpha value is -2.21. The molecular formula is C12H9ClFN5. The largest absolute Gasteiger partial charge is 0.382 e. The first-order valence-corrected chi connectivity index (χ1v) is 5.88. The van der Waals surface area contributed by atoms with E-state index in [2.05, 4.69) is 15.0 Å². The average Bonchev–Trinajstić information content (AvgIpc) is 2.79. The third-order valence-electron chi connectivity index (χ3n) is 2.78. The monoisotopic (exact) mass is 277 g/mol. The van der Waals surface area contributed by atoms with E-state index in [0.29, 0.717) is 27.6 Å². The van der Waals surface area contributed by atoms with Crippen LogP contribution in [0.5, 0.6) is 0 Å². The molecule has 0 radical (unpaired) electrons. The minimum absolute atomic E-state index is 0.277. The zero-order valence-corrected chi connectivity index (χ0v) is 10.5. The van der Waals surface area contributed by atoms with Crippen molar-refractivity contribution in [1.29, 1.82) is 0 Å². The van der Waals surface area contributed by atoms with E-state index in [1.54, 1.807) is 17.0 Å². The quantitative estimate of drug-likeness (QED) is 0.780. The van der Waals surface area contributed by atoms with Gasteiger partial charge in [-0.3, -0.25) is 0 Å². The second-order valence-corrected chi connectivity index (χ2v) is 4.48. The first-order valence-electron chi connectivity index (χ1n) is 5.50. The summed E-state index contributed by atoms with van der Waals surface area (Å²) in [6.45, 7) is 0.277. The van der Waals surface area contributed by atoms with E-state index in [9.17, 15) is 4.39 Å². The van der Waals surface area contributed by atoms with E-state index in [1.165, 1.54) is 18.5 Å². The van der Waals surface area contributed by atoms with Crippen LogP contribution in [0.25, 0.3) is 11.2 Å². The number of fused-ring (bicyclic) bond motifs is 1. The molecule has 0 fully saturated rings. The highest BCUT2D eigenvalue weighted by Gasteiger charge is 2.10. The summed E-state index contributed by atoms with van der Waals surface area (Å²) in [5.74, 6) is -0.0244. The SMILES string of the molecule is Nc1ncnc2c1ncn2Cc1cc(Cl)ccc1F. The molecule has 2 N–H and O–H groups in total. The van der Waals surface area contributed by atoms with E-state index in [4.69, 9.17) is 17.3 Å². The summed E-state index contributed by atoms with van der Waals surface area (Å²) in [4.78, 5) is 12.1. The average molecular weight is 278 g/mol. The van der Waals surface area contributed by atoms with Crippen molar-refractivity contribution in [2.75, 3.05) is 5.73 Å². The summed E-state index contributed by atoms with van der Waals surface area (Å²) in [5.41, 5.74) is 7.22. The van der Waals surface area contributed by atoms with Gasteiger partial charge in [0, 0.05) is 10.6 Å². The first kappa shape index (κ1) is 11.9. The van der Waals surface area contributed by atoms with Crippen LogP contribution in [0, 0.1) is 5.82 Å². The molecule has 5 nitrogen and oxygen atoms in total. The molecule has 0 saturated heterocycles. The number of hydrogen-bond donors (Lipinski definition) is 1. The summed E-state index contributed by atoms with van der Waals surface area (Å²) in [5, 5.41) is 0.481. The van der Waals surface area contributed by atoms with Crippen molar-refractivity contribution in [3.63, 3.8) is 0 Å². The highest BCUT2D eigenvalue weighted by Crippen LogP contribution is 2.19. The first-order chi connectivity index (χ1) is 9.15. The third kappa shape index (κ3) is 2.10. The van der Waals surface area contributed by atoms with Crippen molar-refractivity contribution in [2.24, 2.45) is 0 Å². The molecular weight excluding hydrogens is 269 g/mol. The zero-order valence-electron chi connectivity index (χ0n) is 9.72. The normalized spacial score (nSPS) is 11.1. The van der Waals surface area contributed by atoms with Crippen molar-refractivity contribution in [3.05, 3.63) is 47.3 Å². The summed E-state index contributed by atoms with van der Waals surface area (Å²) in [6, 6.07) is 4.42. The van der Waals surface area contributed by atoms with Gasteiger partial charge in [-0.05, 0) is 18.2 Å². The Labute approximate surface area is 112 Å². The molecule has 1 aromatic carbocycles. The Bertz CT molecular complexity index is 755. The van der Waals surface area contributed by atoms with Crippen LogP contribution in [0.3, 0.4) is 0 Å². The van der Waals surface area contributed by atoms with Gasteiger partial charge < -0.3 is 10.3 Å². The van der Waals surface area contributed by atoms with Gasteiger partial charge in [0.05, 0.1) is 12.9 Å². The standard InChI is InChI=1S/C12H9ClFN5/c13-8-1-2-9(14)7(3-8)4-19-6-18-10-11(15)16-5-17-12(10)19/h1-3,5-6H,4H2,(H2,15,16,17). The van der Waals surface area contributed by atoms with Gasteiger partial charge in [0.15, 0.2) is 11.5 Å². The van der Waals surface area contributed by atoms with Crippen LogP contribution >= 0.6 is 11.6 Å². The Morgan fingerprint density at radius 1 is 1.26 bits per heavy atom. The molecule has 0 aliphatic heterocycles. The molecule has 2 aromatic heterocycles. The lowest BCUT2D eigenvalue weighted by Crippen LogP contribution is -2.02. The molecule has 96 valence electrons. The summed E-state index contributed by atoms with van der Waals surface area (Å²) in [6.07, 6.45) is 2.90. The predicted molar refractivity (Wildman–Crippen MR) is 70.2 cm³/mol. The number of nitrogen functional groups attached to an aromatic ring is 1. The molecule has 0 bridgehead atoms. The minimum Gasteiger partial charge on any atom is -0.382 e. The van der Waals surface area contributed by atoms with Crippen LogP contribution in [-0.4, -0.2) is 19.5 Å². The number of hydrogen-bond acceptors (Lipinski definition) is 4. The molecule has 3 rings (SSSR count). The fourth-order valence-electron chi connectivity index (χ4n) is 1.86. The van der Waals surface area contributed by atoms with Gasteiger partial charge >= 0.3 is 0 Å². The van der Waals surface area contributed by atoms with E-state index < -0.39 is 0 Å². The molecule has 0 atom stereocenters. The number of rotatable bonds is 2. The van der Waals surface area contributed by atoms with Crippen LogP contribution in [-0.2, 0) is 6.54 Å². The van der Waals surface area contributed by atoms with Crippen LogP contribution in [0.2, 0.25) is 5.02 Å². The van der Waals surface area contributed by atoms with E-state index >= 15 is 0 Å². The van der Waals surface area contributed by atoms with Gasteiger partial charge in [0.2, 0.25) is 0 Å². The maximum atomic E-state index is 13.7. The molecule has 0 aliphatic rings. The number of nitrogens with zero attached hydrogens (tertiary/aromatic N) is 4. The number of nitrogens with two attached hydrogens (primary N) is 1. The molecule has 0 unspecified atom stereocenters. The molecule has 19 heavy (non-hydrogen) atoms. The highest BCUT2D eigenvalue weighted by atomic mass is 35.5. The van der Waals surface area contributed by atoms with Crippen LogP contribution < -0.4 is 5.73 Å². The van der Waals surface area contributed by atoms with Gasteiger partial charge in [-0.15, -0.1) is 0 Å². The fourth-order valence-corrected chi connectivity index (χ4v) is 2.06. The van der Waals surface area contributed by atoms with Crippen LogP contribution in [0.1, 0.15) is 5.56 Å². The van der Waals surface area contributed by atoms with Crippen molar-refractivity contribution in [1.82, 2.24) is 19.5 Å². The van der Waals surface area contributed by atoms with Crippen LogP contribution in [0.4, 0.5) is 10.2 Å². The predicted octanol–water partition coefficient (Wildman–Crippen LogP) is 2.25. The van der Waals surface area contributed by atoms with E-state index in [0.717, 1.165) is 0 Å². The number of imidazole rings is 1. The van der Waals surface area contributed by atoms with Crippen LogP contribution in [0.15, 0.2) is 30.9 Å². The van der Waals surface area contributed by atoms with Gasteiger partial charge in [-0.1, -0.05) is 11.6 Å². The lowest BCUT2D eigenvalue weighted by molar-refractivity contribution is 0.601. The van der Waals surface area contributed by atoms with Gasteiger partial charge in [0.1, 0.15) is 17.7 Å². The lowest BCUT2D eigenvalue weighted by Gasteiger charge is -2.06. The Morgan fingerprint density at radius 2 is 2.11 bits per heavy atom. The van der Waals surface area contributed by atoms with Crippen molar-refractivity contribution in [2.45, 2.75) is 6.54 Å². The Balaban J connectivity index is 2.06. The smallest absolute Gasteiger partial charge is 0.165 e. The molecule has 0 spiro atoms. The molecule has 7 heteroatoms. The highest BCUT2D eigenvalue weighted by molar-refractivity contribution is 6.30. The summed E-state index contributed by atoms with van der Waals surface area (Å²) in [7, 11) is 0. The number of halogens is 2. The molecule has 0 saturated carbocycles. The zero-order chi connectivity index (χ0) is 13.4. The molecule has 3 aromatic rings. The topological polar surface area (TPSA) is 69.6 Å². The van der Waals surface area contributed by atoms with Crippen molar-refractivity contribution in [3.8, 4) is 0 Å². The van der Waals surface area contributed by atoms with Gasteiger partial charge in [-0.2, -0.15) is 0 Å². The van der Waals surface area contributed by atoms with E-state index in [-0.39, 0.29) is 12.4 Å². The number of aromatic nitrogens is 4. The fraction of sp³-hybridized carbons (Fsp3) is 0.0833. The van der Waals surface area contributed by atoms with Crippen molar-refractivity contribution >= 4 is 28.6 Å². The minimum atomic E-state index is -0.326. The second kappa shape index (κ2) is 4.47. The van der Waals surface area contributed by atoms with Gasteiger partial charge in [0.25, 0.3) is 0 Å². The maximum absolute atomic E-state index is 13.7. The van der Waals surface area contributed by atoms with E-state index in [1.807, 2.05) is 0 Å². The maximum Gasteiger partial charge on any atom is 0.165 e. The molecule has 2 heterocycles. The molecule has 0 amide bonds.